The molecule has 1 aliphatic rings. The minimum Gasteiger partial charge on any atom is -0.489 e. The van der Waals surface area contributed by atoms with Crippen molar-refractivity contribution in [3.63, 3.8) is 0 Å². The summed E-state index contributed by atoms with van der Waals surface area (Å²) in [5.74, 6) is 1.04. The molecular formula is C28H25Cl2N5O2. The van der Waals surface area contributed by atoms with Gasteiger partial charge in [-0.25, -0.2) is 4.68 Å². The fraction of sp³-hybridized carbons (Fsp3) is 0.179. The Morgan fingerprint density at radius 1 is 1.05 bits per heavy atom. The van der Waals surface area contributed by atoms with Crippen molar-refractivity contribution in [2.45, 2.75) is 33.4 Å². The van der Waals surface area contributed by atoms with Crippen LogP contribution >= 0.6 is 23.2 Å². The molecule has 37 heavy (non-hydrogen) atoms. The summed E-state index contributed by atoms with van der Waals surface area (Å²) in [6, 6.07) is 18.4. The Kier molecular flexibility index (Phi) is 6.91. The molecule has 0 radical (unpaired) electrons. The van der Waals surface area contributed by atoms with Gasteiger partial charge in [0.25, 0.3) is 5.91 Å². The van der Waals surface area contributed by atoms with Crippen LogP contribution in [-0.4, -0.2) is 20.7 Å². The zero-order valence-electron chi connectivity index (χ0n) is 20.5. The second-order valence-electron chi connectivity index (χ2n) is 8.96. The lowest BCUT2D eigenvalue weighted by Crippen LogP contribution is -2.31. The van der Waals surface area contributed by atoms with E-state index in [0.29, 0.717) is 39.6 Å². The largest absolute Gasteiger partial charge is 0.489 e. The lowest BCUT2D eigenvalue weighted by Gasteiger charge is -2.29. The first-order chi connectivity index (χ1) is 17.8. The van der Waals surface area contributed by atoms with Crippen molar-refractivity contribution in [3.8, 4) is 5.75 Å². The van der Waals surface area contributed by atoms with Crippen molar-refractivity contribution >= 4 is 40.7 Å². The van der Waals surface area contributed by atoms with E-state index in [9.17, 15) is 4.79 Å². The number of fused-ring (bicyclic) bond motifs is 1. The summed E-state index contributed by atoms with van der Waals surface area (Å²) in [5, 5.41) is 11.8. The first-order valence-corrected chi connectivity index (χ1v) is 12.5. The van der Waals surface area contributed by atoms with Crippen molar-refractivity contribution in [2.75, 3.05) is 10.6 Å². The van der Waals surface area contributed by atoms with E-state index in [2.05, 4.69) is 20.7 Å². The predicted octanol–water partition coefficient (Wildman–Crippen LogP) is 6.71. The molecule has 1 amide bonds. The van der Waals surface area contributed by atoms with Crippen LogP contribution in [0.1, 0.15) is 35.2 Å². The van der Waals surface area contributed by atoms with Gasteiger partial charge in [-0.05, 0) is 62.2 Å². The number of nitrogens with one attached hydrogen (secondary N) is 2. The zero-order chi connectivity index (χ0) is 26.1. The normalized spacial score (nSPS) is 14.7. The van der Waals surface area contributed by atoms with Gasteiger partial charge in [-0.15, -0.1) is 0 Å². The van der Waals surface area contributed by atoms with Crippen molar-refractivity contribution in [3.05, 3.63) is 111 Å². The molecule has 7 nitrogen and oxygen atoms in total. The maximum Gasteiger partial charge on any atom is 0.255 e. The number of rotatable bonds is 6. The SMILES string of the molecule is CC1=C(C(=O)Nc2ccc(C)cc2C)C(c2ccc(OCc3ccc(Cl)cc3Cl)cc2)n2ncnc2N1. The molecule has 2 N–H and O–H groups in total. The Bertz CT molecular complexity index is 1510. The number of hydrogen-bond donors (Lipinski definition) is 2. The van der Waals surface area contributed by atoms with Crippen LogP contribution in [0.15, 0.2) is 78.3 Å². The molecule has 0 bridgehead atoms. The van der Waals surface area contributed by atoms with Gasteiger partial charge in [0.1, 0.15) is 24.7 Å². The summed E-state index contributed by atoms with van der Waals surface area (Å²) < 4.78 is 7.66. The molecule has 1 unspecified atom stereocenters. The Labute approximate surface area is 225 Å². The minimum atomic E-state index is -0.468. The minimum absolute atomic E-state index is 0.208. The van der Waals surface area contributed by atoms with E-state index in [1.165, 1.54) is 6.33 Å². The van der Waals surface area contributed by atoms with Crippen LogP contribution in [0.4, 0.5) is 11.6 Å². The van der Waals surface area contributed by atoms with Gasteiger partial charge in [-0.3, -0.25) is 4.79 Å². The molecule has 4 aromatic rings. The number of halogens is 2. The maximum atomic E-state index is 13.6. The number of nitrogens with zero attached hydrogens (tertiary/aromatic N) is 3. The summed E-state index contributed by atoms with van der Waals surface area (Å²) in [4.78, 5) is 17.9. The number of benzene rings is 3. The first-order valence-electron chi connectivity index (χ1n) is 11.7. The topological polar surface area (TPSA) is 81.1 Å². The molecule has 0 aliphatic carbocycles. The smallest absolute Gasteiger partial charge is 0.255 e. The van der Waals surface area contributed by atoms with Crippen LogP contribution in [0, 0.1) is 13.8 Å². The second-order valence-corrected chi connectivity index (χ2v) is 9.80. The average molecular weight is 534 g/mol. The zero-order valence-corrected chi connectivity index (χ0v) is 22.1. The van der Waals surface area contributed by atoms with E-state index in [-0.39, 0.29) is 5.91 Å². The second kappa shape index (κ2) is 10.3. The highest BCUT2D eigenvalue weighted by Crippen LogP contribution is 2.36. The molecule has 1 aliphatic heterocycles. The molecule has 1 aromatic heterocycles. The number of ether oxygens (including phenoxy) is 1. The van der Waals surface area contributed by atoms with Gasteiger partial charge in [-0.1, -0.05) is 59.1 Å². The van der Waals surface area contributed by atoms with E-state index >= 15 is 0 Å². The van der Waals surface area contributed by atoms with Crippen molar-refractivity contribution in [1.82, 2.24) is 14.8 Å². The Morgan fingerprint density at radius 2 is 1.84 bits per heavy atom. The van der Waals surface area contributed by atoms with Crippen LogP contribution in [0.25, 0.3) is 0 Å². The van der Waals surface area contributed by atoms with Gasteiger partial charge in [0, 0.05) is 27.0 Å². The molecule has 1 atom stereocenters. The van der Waals surface area contributed by atoms with Gasteiger partial charge < -0.3 is 15.4 Å². The van der Waals surface area contributed by atoms with E-state index in [1.807, 2.05) is 69.3 Å². The van der Waals surface area contributed by atoms with Crippen LogP contribution in [0.2, 0.25) is 10.0 Å². The third-order valence-electron chi connectivity index (χ3n) is 6.27. The predicted molar refractivity (Wildman–Crippen MR) is 146 cm³/mol. The van der Waals surface area contributed by atoms with E-state index in [4.69, 9.17) is 27.9 Å². The van der Waals surface area contributed by atoms with E-state index < -0.39 is 6.04 Å². The molecule has 0 fully saturated rings. The average Bonchev–Trinajstić information content (AvgIpc) is 3.33. The highest BCUT2D eigenvalue weighted by Gasteiger charge is 2.33. The fourth-order valence-corrected chi connectivity index (χ4v) is 4.85. The number of aromatic nitrogens is 3. The lowest BCUT2D eigenvalue weighted by molar-refractivity contribution is -0.113. The summed E-state index contributed by atoms with van der Waals surface area (Å²) in [6.45, 7) is 6.18. The van der Waals surface area contributed by atoms with Gasteiger partial charge in [0.05, 0.1) is 5.57 Å². The number of amides is 1. The van der Waals surface area contributed by atoms with Gasteiger partial charge in [0.2, 0.25) is 5.95 Å². The van der Waals surface area contributed by atoms with Crippen LogP contribution in [-0.2, 0) is 11.4 Å². The van der Waals surface area contributed by atoms with Crippen LogP contribution in [0.3, 0.4) is 0 Å². The van der Waals surface area contributed by atoms with Crippen molar-refractivity contribution in [1.29, 1.82) is 0 Å². The Balaban J connectivity index is 1.41. The fourth-order valence-electron chi connectivity index (χ4n) is 4.38. The van der Waals surface area contributed by atoms with Crippen LogP contribution in [0.5, 0.6) is 5.75 Å². The lowest BCUT2D eigenvalue weighted by atomic mass is 9.94. The van der Waals surface area contributed by atoms with E-state index in [1.54, 1.807) is 16.8 Å². The quantitative estimate of drug-likeness (QED) is 0.288. The first kappa shape index (κ1) is 24.9. The van der Waals surface area contributed by atoms with Crippen molar-refractivity contribution < 1.29 is 9.53 Å². The number of anilines is 2. The Morgan fingerprint density at radius 3 is 2.57 bits per heavy atom. The number of carbonyl (C=O) groups is 1. The monoisotopic (exact) mass is 533 g/mol. The molecule has 9 heteroatoms. The molecule has 0 saturated carbocycles. The number of hydrogen-bond acceptors (Lipinski definition) is 5. The number of carbonyl (C=O) groups excluding carboxylic acids is 1. The van der Waals surface area contributed by atoms with E-state index in [0.717, 1.165) is 27.9 Å². The molecule has 0 saturated heterocycles. The summed E-state index contributed by atoms with van der Waals surface area (Å²) in [6.07, 6.45) is 1.47. The van der Waals surface area contributed by atoms with Gasteiger partial charge >= 0.3 is 0 Å². The summed E-state index contributed by atoms with van der Waals surface area (Å²) in [7, 11) is 0. The molecular weight excluding hydrogens is 509 g/mol. The third-order valence-corrected chi connectivity index (χ3v) is 6.86. The molecule has 2 heterocycles. The Hall–Kier alpha value is -3.81. The molecule has 0 spiro atoms. The third kappa shape index (κ3) is 5.19. The van der Waals surface area contributed by atoms with Crippen LogP contribution < -0.4 is 15.4 Å². The maximum absolute atomic E-state index is 13.6. The molecule has 188 valence electrons. The van der Waals surface area contributed by atoms with Gasteiger partial charge in [0.15, 0.2) is 0 Å². The highest BCUT2D eigenvalue weighted by atomic mass is 35.5. The summed E-state index contributed by atoms with van der Waals surface area (Å²) in [5.41, 5.74) is 5.88. The van der Waals surface area contributed by atoms with Crippen molar-refractivity contribution in [2.24, 2.45) is 0 Å². The van der Waals surface area contributed by atoms with Gasteiger partial charge in [-0.2, -0.15) is 10.1 Å². The standard InChI is InChI=1S/C28H25Cl2N5O2/c1-16-4-11-24(17(2)12-16)34-27(36)25-18(3)33-28-31-15-32-35(28)26(25)19-6-9-22(10-7-19)37-14-20-5-8-21(29)13-23(20)30/h4-13,15,26H,14H2,1-3H3,(H,34,36)(H,31,32,33). The molecule has 3 aromatic carbocycles. The highest BCUT2D eigenvalue weighted by molar-refractivity contribution is 6.35. The number of allylic oxidation sites excluding steroid dienone is 1. The molecule has 5 rings (SSSR count). The summed E-state index contributed by atoms with van der Waals surface area (Å²) >= 11 is 12.2. The number of aryl methyl sites for hydroxylation is 2.